The molecule has 0 radical (unpaired) electrons. The van der Waals surface area contributed by atoms with E-state index in [0.29, 0.717) is 5.69 Å². The highest BCUT2D eigenvalue weighted by Crippen LogP contribution is 2.19. The quantitative estimate of drug-likeness (QED) is 0.666. The van der Waals surface area contributed by atoms with Crippen LogP contribution < -0.4 is 15.8 Å². The van der Waals surface area contributed by atoms with E-state index in [1.54, 1.807) is 12.1 Å². The zero-order valence-electron chi connectivity index (χ0n) is 12.3. The van der Waals surface area contributed by atoms with Crippen molar-refractivity contribution in [1.29, 1.82) is 0 Å². The van der Waals surface area contributed by atoms with E-state index in [1.807, 2.05) is 0 Å². The molecule has 0 saturated carbocycles. The first-order valence-electron chi connectivity index (χ1n) is 6.73. The zero-order chi connectivity index (χ0) is 17.7. The lowest BCUT2D eigenvalue weighted by atomic mass is 10.2. The Kier molecular flexibility index (Phi) is 5.58. The van der Waals surface area contributed by atoms with Gasteiger partial charge in [0, 0.05) is 15.7 Å². The second-order valence-corrected chi connectivity index (χ2v) is 7.38. The van der Waals surface area contributed by atoms with Crippen LogP contribution in [0.15, 0.2) is 57.9 Å². The molecular formula is C15H14BrN3O4S. The fraction of sp³-hybridized carbons (Fsp3) is 0.0667. The van der Waals surface area contributed by atoms with Crippen molar-refractivity contribution in [3.05, 3.63) is 58.6 Å². The largest absolute Gasteiger partial charge is 0.368 e. The normalized spacial score (nSPS) is 10.9. The number of hydrogen-bond donors (Lipinski definition) is 3. The van der Waals surface area contributed by atoms with Crippen LogP contribution in [0.5, 0.6) is 0 Å². The Morgan fingerprint density at radius 2 is 1.58 bits per heavy atom. The number of nitrogens with two attached hydrogens (primary N) is 1. The molecule has 0 atom stereocenters. The molecule has 0 fully saturated rings. The first-order valence-corrected chi connectivity index (χ1v) is 9.00. The Morgan fingerprint density at radius 1 is 1.00 bits per heavy atom. The lowest BCUT2D eigenvalue weighted by Gasteiger charge is -2.09. The van der Waals surface area contributed by atoms with Gasteiger partial charge in [-0.15, -0.1) is 0 Å². The Bertz CT molecular complexity index is 849. The molecule has 0 aliphatic heterocycles. The average Bonchev–Trinajstić information content (AvgIpc) is 2.53. The van der Waals surface area contributed by atoms with Gasteiger partial charge in [0.1, 0.15) is 0 Å². The number of primary amides is 1. The van der Waals surface area contributed by atoms with Crippen LogP contribution in [-0.4, -0.2) is 26.8 Å². The maximum absolute atomic E-state index is 12.3. The van der Waals surface area contributed by atoms with Crippen LogP contribution in [0.4, 0.5) is 5.69 Å². The van der Waals surface area contributed by atoms with Crippen molar-refractivity contribution in [2.45, 2.75) is 4.90 Å². The Labute approximate surface area is 147 Å². The highest BCUT2D eigenvalue weighted by Gasteiger charge is 2.14. The number of nitrogens with one attached hydrogen (secondary N) is 2. The van der Waals surface area contributed by atoms with Crippen molar-refractivity contribution < 1.29 is 18.0 Å². The monoisotopic (exact) mass is 411 g/mol. The smallest absolute Gasteiger partial charge is 0.261 e. The third kappa shape index (κ3) is 4.80. The molecule has 0 spiro atoms. The summed E-state index contributed by atoms with van der Waals surface area (Å²) >= 11 is 3.24. The summed E-state index contributed by atoms with van der Waals surface area (Å²) in [6, 6.07) is 12.0. The minimum Gasteiger partial charge on any atom is -0.368 e. The number of amides is 2. The summed E-state index contributed by atoms with van der Waals surface area (Å²) in [5.74, 6) is -1.13. The van der Waals surface area contributed by atoms with Crippen molar-refractivity contribution in [3.63, 3.8) is 0 Å². The van der Waals surface area contributed by atoms with E-state index >= 15 is 0 Å². The Morgan fingerprint density at radius 3 is 2.12 bits per heavy atom. The molecule has 0 saturated heterocycles. The van der Waals surface area contributed by atoms with Gasteiger partial charge in [-0.2, -0.15) is 0 Å². The van der Waals surface area contributed by atoms with E-state index in [0.717, 1.165) is 4.47 Å². The number of hydrogen-bond acceptors (Lipinski definition) is 4. The van der Waals surface area contributed by atoms with Crippen molar-refractivity contribution in [3.8, 4) is 0 Å². The summed E-state index contributed by atoms with van der Waals surface area (Å²) in [6.45, 7) is -0.267. The number of benzene rings is 2. The maximum Gasteiger partial charge on any atom is 0.261 e. The van der Waals surface area contributed by atoms with Gasteiger partial charge in [0.15, 0.2) is 0 Å². The van der Waals surface area contributed by atoms with Crippen molar-refractivity contribution in [2.24, 2.45) is 5.73 Å². The average molecular weight is 412 g/mol. The first-order chi connectivity index (χ1) is 11.3. The molecule has 0 unspecified atom stereocenters. The maximum atomic E-state index is 12.3. The van der Waals surface area contributed by atoms with Crippen LogP contribution in [0.1, 0.15) is 10.4 Å². The third-order valence-electron chi connectivity index (χ3n) is 2.95. The minimum absolute atomic E-state index is 0.119. The molecule has 0 aliphatic carbocycles. The summed E-state index contributed by atoms with van der Waals surface area (Å²) in [5, 5.41) is 2.34. The Hall–Kier alpha value is -2.39. The number of sulfonamides is 1. The molecule has 0 aromatic heterocycles. The summed E-state index contributed by atoms with van der Waals surface area (Å²) in [6.07, 6.45) is 0. The van der Waals surface area contributed by atoms with Gasteiger partial charge in [0.25, 0.3) is 15.9 Å². The number of carbonyl (C=O) groups is 2. The molecule has 0 bridgehead atoms. The van der Waals surface area contributed by atoms with E-state index in [1.165, 1.54) is 36.4 Å². The van der Waals surface area contributed by atoms with Crippen LogP contribution in [0.25, 0.3) is 0 Å². The van der Waals surface area contributed by atoms with Gasteiger partial charge in [-0.05, 0) is 48.5 Å². The molecule has 126 valence electrons. The van der Waals surface area contributed by atoms with E-state index in [4.69, 9.17) is 5.73 Å². The number of halogens is 1. The van der Waals surface area contributed by atoms with Gasteiger partial charge in [0.2, 0.25) is 5.91 Å². The van der Waals surface area contributed by atoms with Gasteiger partial charge in [0.05, 0.1) is 11.4 Å². The van der Waals surface area contributed by atoms with Crippen molar-refractivity contribution in [1.82, 2.24) is 5.32 Å². The van der Waals surface area contributed by atoms with Crippen LogP contribution in [0, 0.1) is 0 Å². The molecule has 7 nitrogen and oxygen atoms in total. The summed E-state index contributed by atoms with van der Waals surface area (Å²) in [5.41, 5.74) is 5.53. The highest BCUT2D eigenvalue weighted by atomic mass is 79.9. The molecule has 0 aliphatic rings. The number of rotatable bonds is 6. The number of anilines is 1. The van der Waals surface area contributed by atoms with E-state index in [-0.39, 0.29) is 17.0 Å². The predicted molar refractivity (Wildman–Crippen MR) is 92.9 cm³/mol. The third-order valence-corrected chi connectivity index (χ3v) is 4.87. The standard InChI is InChI=1S/C15H14BrN3O4S/c16-11-3-7-13(8-4-11)24(22,23)19-12-5-1-10(2-6-12)15(21)18-9-14(17)20/h1-8,19H,9H2,(H2,17,20)(H,18,21). The molecule has 2 amide bonds. The van der Waals surface area contributed by atoms with Crippen LogP contribution in [0.2, 0.25) is 0 Å². The first kappa shape index (κ1) is 18.0. The molecule has 2 aromatic rings. The summed E-state index contributed by atoms with van der Waals surface area (Å²) < 4.78 is 27.7. The molecule has 4 N–H and O–H groups in total. The fourth-order valence-electron chi connectivity index (χ4n) is 1.79. The molecular weight excluding hydrogens is 398 g/mol. The van der Waals surface area contributed by atoms with Crippen molar-refractivity contribution >= 4 is 43.5 Å². The van der Waals surface area contributed by atoms with Gasteiger partial charge in [-0.1, -0.05) is 15.9 Å². The molecule has 2 rings (SSSR count). The zero-order valence-corrected chi connectivity index (χ0v) is 14.7. The Balaban J connectivity index is 2.09. The van der Waals surface area contributed by atoms with Gasteiger partial charge in [-0.25, -0.2) is 8.42 Å². The lowest BCUT2D eigenvalue weighted by molar-refractivity contribution is -0.117. The topological polar surface area (TPSA) is 118 Å². The van der Waals surface area contributed by atoms with E-state index < -0.39 is 21.8 Å². The van der Waals surface area contributed by atoms with Crippen LogP contribution in [0.3, 0.4) is 0 Å². The van der Waals surface area contributed by atoms with Gasteiger partial charge >= 0.3 is 0 Å². The second kappa shape index (κ2) is 7.45. The van der Waals surface area contributed by atoms with Crippen LogP contribution in [-0.2, 0) is 14.8 Å². The number of carbonyl (C=O) groups excluding carboxylic acids is 2. The van der Waals surface area contributed by atoms with Gasteiger partial charge < -0.3 is 11.1 Å². The van der Waals surface area contributed by atoms with E-state index in [2.05, 4.69) is 26.0 Å². The van der Waals surface area contributed by atoms with E-state index in [9.17, 15) is 18.0 Å². The molecule has 9 heteroatoms. The predicted octanol–water partition coefficient (Wildman–Crippen LogP) is 1.46. The van der Waals surface area contributed by atoms with Crippen LogP contribution >= 0.6 is 15.9 Å². The molecule has 2 aromatic carbocycles. The molecule has 24 heavy (non-hydrogen) atoms. The highest BCUT2D eigenvalue weighted by molar-refractivity contribution is 9.10. The molecule has 0 heterocycles. The fourth-order valence-corrected chi connectivity index (χ4v) is 3.11. The van der Waals surface area contributed by atoms with Crippen molar-refractivity contribution in [2.75, 3.05) is 11.3 Å². The second-order valence-electron chi connectivity index (χ2n) is 4.79. The van der Waals surface area contributed by atoms with Gasteiger partial charge in [-0.3, -0.25) is 14.3 Å². The summed E-state index contributed by atoms with van der Waals surface area (Å²) in [4.78, 5) is 22.5. The minimum atomic E-state index is -3.72. The SMILES string of the molecule is NC(=O)CNC(=O)c1ccc(NS(=O)(=O)c2ccc(Br)cc2)cc1. The summed E-state index contributed by atoms with van der Waals surface area (Å²) in [7, 11) is -3.72. The lowest BCUT2D eigenvalue weighted by Crippen LogP contribution is -2.33.